The number of hydrazone groups is 1. The minimum atomic E-state index is -0.284. The van der Waals surface area contributed by atoms with Crippen LogP contribution < -0.4 is 14.9 Å². The minimum absolute atomic E-state index is 0.284. The van der Waals surface area contributed by atoms with Crippen molar-refractivity contribution in [1.29, 1.82) is 0 Å². The lowest BCUT2D eigenvalue weighted by Gasteiger charge is -2.14. The fourth-order valence-corrected chi connectivity index (χ4v) is 3.25. The van der Waals surface area contributed by atoms with Gasteiger partial charge in [0.15, 0.2) is 11.5 Å². The van der Waals surface area contributed by atoms with E-state index in [1.807, 2.05) is 44.2 Å². The van der Waals surface area contributed by atoms with E-state index in [1.165, 1.54) is 6.21 Å². The first-order chi connectivity index (χ1) is 15.0. The fourth-order valence-electron chi connectivity index (χ4n) is 2.85. The molecule has 1 N–H and O–H groups in total. The minimum Gasteiger partial charge on any atom is -0.490 e. The predicted octanol–water partition coefficient (Wildman–Crippen LogP) is 6.04. The van der Waals surface area contributed by atoms with Gasteiger partial charge >= 0.3 is 0 Å². The highest BCUT2D eigenvalue weighted by Gasteiger charge is 2.13. The number of carbonyl (C=O) groups is 1. The van der Waals surface area contributed by atoms with E-state index in [9.17, 15) is 4.79 Å². The van der Waals surface area contributed by atoms with Gasteiger partial charge in [-0.05, 0) is 60.9 Å². The van der Waals surface area contributed by atoms with Crippen molar-refractivity contribution in [1.82, 2.24) is 5.43 Å². The lowest BCUT2D eigenvalue weighted by atomic mass is 10.1. The summed E-state index contributed by atoms with van der Waals surface area (Å²) in [5, 5.41) is 5.08. The Balaban J connectivity index is 1.73. The van der Waals surface area contributed by atoms with E-state index < -0.39 is 0 Å². The van der Waals surface area contributed by atoms with Crippen molar-refractivity contribution in [2.45, 2.75) is 20.5 Å². The summed E-state index contributed by atoms with van der Waals surface area (Å²) in [6, 6.07) is 18.1. The number of amides is 1. The van der Waals surface area contributed by atoms with Crippen molar-refractivity contribution in [2.75, 3.05) is 6.61 Å². The van der Waals surface area contributed by atoms with Gasteiger partial charge < -0.3 is 9.47 Å². The predicted molar refractivity (Wildman–Crippen MR) is 125 cm³/mol. The molecular formula is C24H22Cl2N2O3. The second kappa shape index (κ2) is 10.8. The van der Waals surface area contributed by atoms with Crippen molar-refractivity contribution in [3.63, 3.8) is 0 Å². The van der Waals surface area contributed by atoms with E-state index in [4.69, 9.17) is 32.7 Å². The van der Waals surface area contributed by atoms with Crippen molar-refractivity contribution < 1.29 is 14.3 Å². The van der Waals surface area contributed by atoms with E-state index in [0.717, 1.165) is 11.1 Å². The number of carbonyl (C=O) groups excluding carboxylic acids is 1. The van der Waals surface area contributed by atoms with Crippen LogP contribution in [-0.4, -0.2) is 18.7 Å². The molecule has 0 heterocycles. The topological polar surface area (TPSA) is 59.9 Å². The molecule has 0 aliphatic carbocycles. The Morgan fingerprint density at radius 1 is 1.06 bits per heavy atom. The number of benzene rings is 3. The first-order valence-electron chi connectivity index (χ1n) is 9.70. The number of halogens is 2. The average molecular weight is 457 g/mol. The van der Waals surface area contributed by atoms with Crippen molar-refractivity contribution in [3.05, 3.63) is 93.0 Å². The summed E-state index contributed by atoms with van der Waals surface area (Å²) in [6.45, 7) is 4.50. The molecular weight excluding hydrogens is 435 g/mol. The van der Waals surface area contributed by atoms with Gasteiger partial charge in [0, 0.05) is 10.6 Å². The molecule has 31 heavy (non-hydrogen) atoms. The molecule has 0 aliphatic rings. The maximum absolute atomic E-state index is 12.3. The second-order valence-electron chi connectivity index (χ2n) is 6.69. The van der Waals surface area contributed by atoms with Crippen LogP contribution >= 0.6 is 23.2 Å². The van der Waals surface area contributed by atoms with Crippen LogP contribution in [-0.2, 0) is 6.61 Å². The van der Waals surface area contributed by atoms with E-state index in [1.54, 1.807) is 30.3 Å². The van der Waals surface area contributed by atoms with Gasteiger partial charge in [-0.15, -0.1) is 0 Å². The Bertz CT molecular complexity index is 1080. The molecule has 0 aromatic heterocycles. The quantitative estimate of drug-likeness (QED) is 0.331. The molecule has 1 amide bonds. The third-order valence-corrected chi connectivity index (χ3v) is 4.93. The number of nitrogens with zero attached hydrogens (tertiary/aromatic N) is 1. The Hall–Kier alpha value is -3.02. The summed E-state index contributed by atoms with van der Waals surface area (Å²) >= 11 is 12.4. The number of nitrogens with one attached hydrogen (secondary N) is 1. The molecule has 0 saturated carbocycles. The van der Waals surface area contributed by atoms with E-state index >= 15 is 0 Å². The summed E-state index contributed by atoms with van der Waals surface area (Å²) < 4.78 is 11.6. The highest BCUT2D eigenvalue weighted by atomic mass is 35.5. The van der Waals surface area contributed by atoms with Gasteiger partial charge in [-0.3, -0.25) is 4.79 Å². The number of hydrogen-bond donors (Lipinski definition) is 1. The standard InChI is InChI=1S/C24H22Cl2N2O3/c1-3-30-22-13-18(14-27-28-24(29)20-7-5-4-6-16(20)2)12-21(26)23(22)31-15-17-8-10-19(25)11-9-17/h4-14H,3,15H2,1-2H3,(H,28,29)/b27-14+. The van der Waals surface area contributed by atoms with Crippen LogP contribution in [0.3, 0.4) is 0 Å². The number of aryl methyl sites for hydroxylation is 1. The van der Waals surface area contributed by atoms with Crippen molar-refractivity contribution in [3.8, 4) is 11.5 Å². The molecule has 0 saturated heterocycles. The van der Waals surface area contributed by atoms with Crippen LogP contribution in [0.4, 0.5) is 0 Å². The zero-order valence-electron chi connectivity index (χ0n) is 17.2. The number of ether oxygens (including phenoxy) is 2. The average Bonchev–Trinajstić information content (AvgIpc) is 2.75. The van der Waals surface area contributed by atoms with Crippen LogP contribution in [0.1, 0.15) is 34.0 Å². The molecule has 0 bridgehead atoms. The van der Waals surface area contributed by atoms with Gasteiger partial charge in [-0.25, -0.2) is 5.43 Å². The Morgan fingerprint density at radius 3 is 2.52 bits per heavy atom. The number of rotatable bonds is 8. The Morgan fingerprint density at radius 2 is 1.81 bits per heavy atom. The Labute approximate surface area is 191 Å². The maximum atomic E-state index is 12.3. The summed E-state index contributed by atoms with van der Waals surface area (Å²) in [4.78, 5) is 12.3. The van der Waals surface area contributed by atoms with Gasteiger partial charge in [-0.1, -0.05) is 53.5 Å². The zero-order valence-corrected chi connectivity index (χ0v) is 18.7. The third kappa shape index (κ3) is 6.23. The molecule has 3 rings (SSSR count). The van der Waals surface area contributed by atoms with Crippen molar-refractivity contribution >= 4 is 35.3 Å². The van der Waals surface area contributed by atoms with Crippen molar-refractivity contribution in [2.24, 2.45) is 5.10 Å². The zero-order chi connectivity index (χ0) is 22.2. The first-order valence-corrected chi connectivity index (χ1v) is 10.5. The van der Waals surface area contributed by atoms with E-state index in [2.05, 4.69) is 10.5 Å². The Kier molecular flexibility index (Phi) is 7.93. The van der Waals surface area contributed by atoms with Gasteiger partial charge in [0.05, 0.1) is 17.8 Å². The lowest BCUT2D eigenvalue weighted by Crippen LogP contribution is -2.18. The van der Waals surface area contributed by atoms with Crippen LogP contribution in [0.2, 0.25) is 10.0 Å². The molecule has 0 radical (unpaired) electrons. The van der Waals surface area contributed by atoms with E-state index in [0.29, 0.717) is 45.9 Å². The molecule has 7 heteroatoms. The summed E-state index contributed by atoms with van der Waals surface area (Å²) in [7, 11) is 0. The fraction of sp³-hybridized carbons (Fsp3) is 0.167. The highest BCUT2D eigenvalue weighted by molar-refractivity contribution is 6.32. The van der Waals surface area contributed by atoms with Crippen LogP contribution in [0, 0.1) is 6.92 Å². The second-order valence-corrected chi connectivity index (χ2v) is 7.54. The molecule has 3 aromatic carbocycles. The smallest absolute Gasteiger partial charge is 0.271 e. The summed E-state index contributed by atoms with van der Waals surface area (Å²) in [6.07, 6.45) is 1.51. The van der Waals surface area contributed by atoms with Gasteiger partial charge in [-0.2, -0.15) is 5.10 Å². The normalized spacial score (nSPS) is 10.8. The van der Waals surface area contributed by atoms with Gasteiger partial charge in [0.1, 0.15) is 6.61 Å². The number of hydrogen-bond acceptors (Lipinski definition) is 4. The van der Waals surface area contributed by atoms with Crippen LogP contribution in [0.5, 0.6) is 11.5 Å². The van der Waals surface area contributed by atoms with E-state index in [-0.39, 0.29) is 5.91 Å². The lowest BCUT2D eigenvalue weighted by molar-refractivity contribution is 0.0954. The van der Waals surface area contributed by atoms with Gasteiger partial charge in [0.25, 0.3) is 5.91 Å². The first kappa shape index (κ1) is 22.7. The molecule has 3 aromatic rings. The molecule has 0 atom stereocenters. The third-order valence-electron chi connectivity index (χ3n) is 4.40. The monoisotopic (exact) mass is 456 g/mol. The molecule has 0 fully saturated rings. The highest BCUT2D eigenvalue weighted by Crippen LogP contribution is 2.37. The largest absolute Gasteiger partial charge is 0.490 e. The maximum Gasteiger partial charge on any atom is 0.271 e. The summed E-state index contributed by atoms with van der Waals surface area (Å²) in [5.74, 6) is 0.656. The van der Waals surface area contributed by atoms with Crippen LogP contribution in [0.25, 0.3) is 0 Å². The van der Waals surface area contributed by atoms with Crippen LogP contribution in [0.15, 0.2) is 65.8 Å². The molecule has 0 spiro atoms. The van der Waals surface area contributed by atoms with Gasteiger partial charge in [0.2, 0.25) is 0 Å². The molecule has 160 valence electrons. The molecule has 5 nitrogen and oxygen atoms in total. The SMILES string of the molecule is CCOc1cc(/C=N/NC(=O)c2ccccc2C)cc(Cl)c1OCc1ccc(Cl)cc1. The molecule has 0 unspecified atom stereocenters. The molecule has 0 aliphatic heterocycles. The summed E-state index contributed by atoms with van der Waals surface area (Å²) in [5.41, 5.74) is 5.59.